The van der Waals surface area contributed by atoms with E-state index in [0.717, 1.165) is 0 Å². The van der Waals surface area contributed by atoms with E-state index in [4.69, 9.17) is 18.9 Å². The summed E-state index contributed by atoms with van der Waals surface area (Å²) in [7, 11) is 0. The molecule has 2 aliphatic heterocycles. The first kappa shape index (κ1) is 17.6. The molecule has 0 amide bonds. The van der Waals surface area contributed by atoms with E-state index in [9.17, 15) is 5.11 Å². The number of ether oxygens (including phenoxy) is 4. The second-order valence-electron chi connectivity index (χ2n) is 6.85. The minimum Gasteiger partial charge on any atom is -0.389 e. The quantitative estimate of drug-likeness (QED) is 0.791. The third-order valence-corrected chi connectivity index (χ3v) is 3.77. The van der Waals surface area contributed by atoms with Crippen LogP contribution in [-0.4, -0.2) is 47.2 Å². The van der Waals surface area contributed by atoms with Crippen LogP contribution in [0.1, 0.15) is 41.0 Å². The Morgan fingerprint density at radius 3 is 2.18 bits per heavy atom. The van der Waals surface area contributed by atoms with Crippen LogP contribution < -0.4 is 0 Å². The Balaban J connectivity index is 2.12. The topological polar surface area (TPSA) is 57.2 Å². The van der Waals surface area contributed by atoms with Crippen LogP contribution in [-0.2, 0) is 18.9 Å². The van der Waals surface area contributed by atoms with Crippen LogP contribution in [0.25, 0.3) is 0 Å². The molecule has 0 radical (unpaired) electrons. The summed E-state index contributed by atoms with van der Waals surface area (Å²) >= 11 is 0. The fourth-order valence-electron chi connectivity index (χ4n) is 3.01. The zero-order valence-corrected chi connectivity index (χ0v) is 14.1. The maximum atomic E-state index is 9.82. The van der Waals surface area contributed by atoms with Gasteiger partial charge in [-0.05, 0) is 41.0 Å². The van der Waals surface area contributed by atoms with Gasteiger partial charge < -0.3 is 24.1 Å². The van der Waals surface area contributed by atoms with Crippen molar-refractivity contribution in [1.82, 2.24) is 0 Å². The average molecular weight is 312 g/mol. The van der Waals surface area contributed by atoms with Gasteiger partial charge in [-0.15, -0.1) is 6.58 Å². The van der Waals surface area contributed by atoms with E-state index in [1.807, 2.05) is 40.7 Å². The smallest absolute Gasteiger partial charge is 0.164 e. The lowest BCUT2D eigenvalue weighted by Gasteiger charge is -2.24. The van der Waals surface area contributed by atoms with Gasteiger partial charge in [0.05, 0.1) is 12.2 Å². The summed E-state index contributed by atoms with van der Waals surface area (Å²) in [6.45, 7) is 13.1. The lowest BCUT2D eigenvalue weighted by molar-refractivity contribution is -0.174. The molecular formula is C17H28O5. The molecule has 5 heteroatoms. The SMILES string of the molecule is C=CC[C@H](O)/C=C/[C@H]1OC(C)(C)O[C@@H]1[C@@H]1OC(C)(C)O[C@H]1C. The van der Waals surface area contributed by atoms with Crippen molar-refractivity contribution in [2.24, 2.45) is 0 Å². The molecule has 5 atom stereocenters. The number of rotatable bonds is 5. The molecule has 0 unspecified atom stereocenters. The lowest BCUT2D eigenvalue weighted by atomic mass is 10.0. The summed E-state index contributed by atoms with van der Waals surface area (Å²) in [4.78, 5) is 0. The normalized spacial score (nSPS) is 38.5. The van der Waals surface area contributed by atoms with E-state index in [1.165, 1.54) is 0 Å². The molecule has 2 aliphatic rings. The molecule has 126 valence electrons. The Hall–Kier alpha value is -0.720. The summed E-state index contributed by atoms with van der Waals surface area (Å²) in [5, 5.41) is 9.82. The van der Waals surface area contributed by atoms with Gasteiger partial charge in [-0.3, -0.25) is 0 Å². The summed E-state index contributed by atoms with van der Waals surface area (Å²) in [5.74, 6) is -1.32. The van der Waals surface area contributed by atoms with Gasteiger partial charge in [-0.1, -0.05) is 18.2 Å². The molecule has 5 nitrogen and oxygen atoms in total. The molecule has 2 saturated heterocycles. The van der Waals surface area contributed by atoms with E-state index in [0.29, 0.717) is 6.42 Å². The Morgan fingerprint density at radius 2 is 1.64 bits per heavy atom. The molecule has 2 fully saturated rings. The second kappa shape index (κ2) is 6.42. The number of hydrogen-bond donors (Lipinski definition) is 1. The number of hydrogen-bond acceptors (Lipinski definition) is 5. The highest BCUT2D eigenvalue weighted by atomic mass is 16.8. The van der Waals surface area contributed by atoms with Gasteiger partial charge in [0.2, 0.25) is 0 Å². The van der Waals surface area contributed by atoms with Crippen molar-refractivity contribution in [3.05, 3.63) is 24.8 Å². The van der Waals surface area contributed by atoms with Gasteiger partial charge in [0.1, 0.15) is 18.3 Å². The van der Waals surface area contributed by atoms with E-state index in [2.05, 4.69) is 6.58 Å². The predicted octanol–water partition coefficient (Wildman–Crippen LogP) is 2.54. The third kappa shape index (κ3) is 4.18. The Morgan fingerprint density at radius 1 is 1.05 bits per heavy atom. The van der Waals surface area contributed by atoms with Crippen LogP contribution >= 0.6 is 0 Å². The molecule has 0 aliphatic carbocycles. The van der Waals surface area contributed by atoms with Crippen molar-refractivity contribution in [2.75, 3.05) is 0 Å². The molecular weight excluding hydrogens is 284 g/mol. The van der Waals surface area contributed by atoms with Crippen LogP contribution in [0.5, 0.6) is 0 Å². The molecule has 0 saturated carbocycles. The molecule has 22 heavy (non-hydrogen) atoms. The highest BCUT2D eigenvalue weighted by Crippen LogP contribution is 2.38. The monoisotopic (exact) mass is 312 g/mol. The van der Waals surface area contributed by atoms with E-state index in [1.54, 1.807) is 12.2 Å². The summed E-state index contributed by atoms with van der Waals surface area (Å²) in [6.07, 6.45) is 4.30. The molecule has 2 rings (SSSR count). The Bertz CT molecular complexity index is 429. The Labute approximate surface area is 132 Å². The fraction of sp³-hybridized carbons (Fsp3) is 0.765. The van der Waals surface area contributed by atoms with Crippen LogP contribution in [0.15, 0.2) is 24.8 Å². The third-order valence-electron chi connectivity index (χ3n) is 3.77. The van der Waals surface area contributed by atoms with Gasteiger partial charge in [-0.2, -0.15) is 0 Å². The second-order valence-corrected chi connectivity index (χ2v) is 6.85. The largest absolute Gasteiger partial charge is 0.389 e. The summed E-state index contributed by atoms with van der Waals surface area (Å²) < 4.78 is 23.8. The minimum absolute atomic E-state index is 0.0912. The van der Waals surface area contributed by atoms with E-state index in [-0.39, 0.29) is 24.4 Å². The summed E-state index contributed by atoms with van der Waals surface area (Å²) in [5.41, 5.74) is 0. The highest BCUT2D eigenvalue weighted by molar-refractivity contribution is 5.05. The summed E-state index contributed by atoms with van der Waals surface area (Å²) in [6, 6.07) is 0. The van der Waals surface area contributed by atoms with Gasteiger partial charge in [0.15, 0.2) is 11.6 Å². The standard InChI is InChI=1S/C17H28O5/c1-7-8-12(18)9-10-13-15(22-17(5,6)20-13)14-11(2)19-16(3,4)21-14/h7,9-15,18H,1,8H2,2-6H3/b10-9+/t11-,12-,13+,14+,15-/m0/s1. The first-order valence-corrected chi connectivity index (χ1v) is 7.82. The van der Waals surface area contributed by atoms with Crippen LogP contribution in [0.4, 0.5) is 0 Å². The van der Waals surface area contributed by atoms with Crippen molar-refractivity contribution in [3.8, 4) is 0 Å². The van der Waals surface area contributed by atoms with Gasteiger partial charge in [0.25, 0.3) is 0 Å². The molecule has 0 aromatic rings. The molecule has 0 aromatic carbocycles. The molecule has 0 aromatic heterocycles. The first-order valence-electron chi connectivity index (χ1n) is 7.82. The maximum Gasteiger partial charge on any atom is 0.164 e. The van der Waals surface area contributed by atoms with Gasteiger partial charge in [-0.25, -0.2) is 0 Å². The lowest BCUT2D eigenvalue weighted by Crippen LogP contribution is -2.40. The van der Waals surface area contributed by atoms with Crippen LogP contribution in [0, 0.1) is 0 Å². The minimum atomic E-state index is -0.696. The van der Waals surface area contributed by atoms with Crippen molar-refractivity contribution in [3.63, 3.8) is 0 Å². The van der Waals surface area contributed by atoms with E-state index < -0.39 is 17.7 Å². The van der Waals surface area contributed by atoms with Crippen LogP contribution in [0.3, 0.4) is 0 Å². The maximum absolute atomic E-state index is 9.82. The molecule has 2 heterocycles. The molecule has 0 spiro atoms. The zero-order valence-electron chi connectivity index (χ0n) is 14.1. The number of aliphatic hydroxyl groups excluding tert-OH is 1. The van der Waals surface area contributed by atoms with Crippen molar-refractivity contribution in [2.45, 2.75) is 83.1 Å². The number of aliphatic hydroxyl groups is 1. The predicted molar refractivity (Wildman–Crippen MR) is 83.3 cm³/mol. The Kier molecular flexibility index (Phi) is 5.14. The van der Waals surface area contributed by atoms with Crippen LogP contribution in [0.2, 0.25) is 0 Å². The van der Waals surface area contributed by atoms with Crippen molar-refractivity contribution in [1.29, 1.82) is 0 Å². The van der Waals surface area contributed by atoms with Crippen molar-refractivity contribution >= 4 is 0 Å². The average Bonchev–Trinajstić information content (AvgIpc) is 2.82. The zero-order chi connectivity index (χ0) is 16.5. The molecule has 1 N–H and O–H groups in total. The van der Waals surface area contributed by atoms with Gasteiger partial charge in [0, 0.05) is 0 Å². The van der Waals surface area contributed by atoms with E-state index >= 15 is 0 Å². The highest BCUT2D eigenvalue weighted by Gasteiger charge is 2.51. The fourth-order valence-corrected chi connectivity index (χ4v) is 3.01. The molecule has 0 bridgehead atoms. The first-order chi connectivity index (χ1) is 10.1. The van der Waals surface area contributed by atoms with Gasteiger partial charge >= 0.3 is 0 Å². The van der Waals surface area contributed by atoms with Crippen molar-refractivity contribution < 1.29 is 24.1 Å².